The first-order chi connectivity index (χ1) is 41.8. The molecule has 0 spiro atoms. The number of benzene rings is 2. The number of aromatic nitrogens is 4. The Morgan fingerprint density at radius 1 is 0.600 bits per heavy atom. The van der Waals surface area contributed by atoms with Gasteiger partial charge in [0.15, 0.2) is 0 Å². The molecule has 5 aromatic heterocycles. The summed E-state index contributed by atoms with van der Waals surface area (Å²) in [4.78, 5) is 87.1. The third kappa shape index (κ3) is 16.9. The molecule has 0 radical (unpaired) electrons. The second-order valence-electron chi connectivity index (χ2n) is 23.5. The van der Waals surface area contributed by atoms with Gasteiger partial charge >= 0.3 is 12.1 Å². The minimum Gasteiger partial charge on any atom is -0.477 e. The molecular formula is C62H75ClF6N10O8S3. The van der Waals surface area contributed by atoms with Gasteiger partial charge in [0.25, 0.3) is 31.1 Å². The van der Waals surface area contributed by atoms with E-state index in [1.54, 1.807) is 44.7 Å². The average Bonchev–Trinajstić information content (AvgIpc) is 1.63. The minimum absolute atomic E-state index is 0. The average molecular weight is 1330 g/mol. The highest BCUT2D eigenvalue weighted by Crippen LogP contribution is 2.41. The zero-order valence-corrected chi connectivity index (χ0v) is 52.8. The van der Waals surface area contributed by atoms with Crippen LogP contribution < -0.4 is 31.5 Å². The number of alkyl carbamates (subject to hydrolysis) is 1. The number of nitrogens with zero attached hydrogens (tertiary/aromatic N) is 6. The summed E-state index contributed by atoms with van der Waals surface area (Å²) in [5.41, 5.74) is 9.71. The van der Waals surface area contributed by atoms with Gasteiger partial charge in [0.1, 0.15) is 10.5 Å². The molecule has 7 aromatic rings. The molecule has 0 unspecified atom stereocenters. The molecule has 0 atom stereocenters. The van der Waals surface area contributed by atoms with Crippen molar-refractivity contribution in [1.29, 1.82) is 0 Å². The SMILES string of the molecule is C.CN(C(=O)C1CCCCC1)c1ccc2c(c1)nc(NC(=O)c1ccc(C(F)F)s1)n2C1CC(N)C1.CN(C(=O)C1CCCCC1)c1ccc2c(c1)nc(NC(=O)c1ccc(C(F)F)s1)n2C1CC(NC(=O)OC(C)(C)C)C1.Cl.O=C(O)c1ccc(C(F)F)s1. The van der Waals surface area contributed by atoms with E-state index in [1.165, 1.54) is 36.8 Å². The number of halogens is 7. The lowest BCUT2D eigenvalue weighted by molar-refractivity contribution is -0.123. The molecular weight excluding hydrogens is 1260 g/mol. The van der Waals surface area contributed by atoms with Crippen molar-refractivity contribution in [2.24, 2.45) is 17.6 Å². The number of carboxylic acids is 1. The van der Waals surface area contributed by atoms with Crippen LogP contribution >= 0.6 is 46.4 Å². The number of amides is 5. The van der Waals surface area contributed by atoms with Crippen LogP contribution in [0.4, 0.5) is 54.4 Å². The number of anilines is 4. The maximum Gasteiger partial charge on any atom is 0.407 e. The Hall–Kier alpha value is -7.07. The summed E-state index contributed by atoms with van der Waals surface area (Å²) in [5, 5.41) is 16.9. The van der Waals surface area contributed by atoms with Crippen molar-refractivity contribution in [2.45, 2.75) is 167 Å². The van der Waals surface area contributed by atoms with E-state index >= 15 is 0 Å². The third-order valence-corrected chi connectivity index (χ3v) is 19.3. The predicted molar refractivity (Wildman–Crippen MR) is 342 cm³/mol. The molecule has 488 valence electrons. The summed E-state index contributed by atoms with van der Waals surface area (Å²) < 4.78 is 85.2. The number of carbonyl (C=O) groups excluding carboxylic acids is 5. The summed E-state index contributed by atoms with van der Waals surface area (Å²) in [6, 6.07) is 18.8. The maximum absolute atomic E-state index is 13.2. The monoisotopic (exact) mass is 1330 g/mol. The number of carboxylic acid groups (broad SMARTS) is 1. The molecule has 6 N–H and O–H groups in total. The zero-order valence-electron chi connectivity index (χ0n) is 49.5. The van der Waals surface area contributed by atoms with Crippen LogP contribution in [-0.2, 0) is 14.3 Å². The Kier molecular flexibility index (Phi) is 23.8. The largest absolute Gasteiger partial charge is 0.477 e. The van der Waals surface area contributed by atoms with Gasteiger partial charge in [-0.25, -0.2) is 45.9 Å². The molecule has 4 saturated carbocycles. The van der Waals surface area contributed by atoms with E-state index in [1.807, 2.05) is 45.5 Å². The first-order valence-corrected chi connectivity index (χ1v) is 31.6. The Labute approximate surface area is 535 Å². The van der Waals surface area contributed by atoms with E-state index in [0.717, 1.165) is 116 Å². The van der Waals surface area contributed by atoms with Gasteiger partial charge in [0.05, 0.1) is 46.5 Å². The molecule has 0 aliphatic heterocycles. The number of rotatable bonds is 15. The summed E-state index contributed by atoms with van der Waals surface area (Å²) in [5.74, 6) is -1.27. The smallest absolute Gasteiger partial charge is 0.407 e. The summed E-state index contributed by atoms with van der Waals surface area (Å²) in [6.07, 6.45) is 4.63. The molecule has 2 aromatic carbocycles. The van der Waals surface area contributed by atoms with Crippen molar-refractivity contribution in [3.05, 3.63) is 102 Å². The molecule has 4 fully saturated rings. The van der Waals surface area contributed by atoms with Crippen LogP contribution in [-0.4, -0.2) is 91.7 Å². The van der Waals surface area contributed by atoms with Gasteiger partial charge in [-0.05, 0) is 145 Å². The number of nitrogens with one attached hydrogen (secondary N) is 3. The number of ether oxygens (including phenoxy) is 1. The number of nitrogens with two attached hydrogens (primary N) is 1. The highest BCUT2D eigenvalue weighted by molar-refractivity contribution is 7.14. The normalized spacial score (nSPS) is 18.4. The molecule has 18 nitrogen and oxygen atoms in total. The van der Waals surface area contributed by atoms with Crippen LogP contribution in [0.1, 0.15) is 193 Å². The van der Waals surface area contributed by atoms with Gasteiger partial charge in [-0.3, -0.25) is 29.8 Å². The molecule has 28 heteroatoms. The number of thiophene rings is 3. The number of fused-ring (bicyclic) bond motifs is 2. The molecule has 5 heterocycles. The minimum atomic E-state index is -2.66. The number of hydrogen-bond donors (Lipinski definition) is 5. The number of hydrogen-bond acceptors (Lipinski definition) is 13. The zero-order chi connectivity index (χ0) is 63.3. The van der Waals surface area contributed by atoms with E-state index in [-0.39, 0.29) is 103 Å². The first-order valence-electron chi connectivity index (χ1n) is 29.2. The molecule has 4 aliphatic carbocycles. The summed E-state index contributed by atoms with van der Waals surface area (Å²) in [7, 11) is 3.56. The fourth-order valence-corrected chi connectivity index (χ4v) is 13.6. The van der Waals surface area contributed by atoms with Crippen LogP contribution in [0.3, 0.4) is 0 Å². The van der Waals surface area contributed by atoms with Crippen molar-refractivity contribution in [2.75, 3.05) is 34.5 Å². The van der Waals surface area contributed by atoms with E-state index in [9.17, 15) is 55.1 Å². The lowest BCUT2D eigenvalue weighted by atomic mass is 9.86. The maximum atomic E-state index is 13.2. The van der Waals surface area contributed by atoms with Crippen molar-refractivity contribution in [3.63, 3.8) is 0 Å². The number of imidazole rings is 2. The molecule has 11 rings (SSSR count). The molecule has 90 heavy (non-hydrogen) atoms. The van der Waals surface area contributed by atoms with Crippen LogP contribution in [0, 0.1) is 11.8 Å². The third-order valence-electron chi connectivity index (χ3n) is 16.0. The van der Waals surface area contributed by atoms with E-state index in [4.69, 9.17) is 20.6 Å². The Morgan fingerprint density at radius 3 is 1.32 bits per heavy atom. The quantitative estimate of drug-likeness (QED) is 0.0605. The van der Waals surface area contributed by atoms with Crippen molar-refractivity contribution >= 4 is 127 Å². The van der Waals surface area contributed by atoms with Crippen LogP contribution in [0.25, 0.3) is 22.1 Å². The Balaban J connectivity index is 0.000000217. The van der Waals surface area contributed by atoms with Crippen LogP contribution in [0.15, 0.2) is 72.8 Å². The van der Waals surface area contributed by atoms with Crippen molar-refractivity contribution in [3.8, 4) is 0 Å². The van der Waals surface area contributed by atoms with Gasteiger partial charge < -0.3 is 39.8 Å². The first kappa shape index (κ1) is 70.4. The fourth-order valence-electron chi connectivity index (χ4n) is 11.3. The number of carbonyl (C=O) groups is 6. The van der Waals surface area contributed by atoms with Gasteiger partial charge in [0, 0.05) is 61.5 Å². The number of alkyl halides is 6. The van der Waals surface area contributed by atoms with Crippen molar-refractivity contribution < 1.29 is 65.0 Å². The van der Waals surface area contributed by atoms with Crippen LogP contribution in [0.5, 0.6) is 0 Å². The lowest BCUT2D eigenvalue weighted by Gasteiger charge is -2.37. The van der Waals surface area contributed by atoms with Crippen molar-refractivity contribution in [1.82, 2.24) is 24.4 Å². The highest BCUT2D eigenvalue weighted by atomic mass is 35.5. The Bertz CT molecular complexity index is 3650. The topological polar surface area (TPSA) is 236 Å². The summed E-state index contributed by atoms with van der Waals surface area (Å²) in [6.45, 7) is 5.40. The van der Waals surface area contributed by atoms with E-state index < -0.39 is 48.8 Å². The van der Waals surface area contributed by atoms with Gasteiger partial charge in [-0.1, -0.05) is 46.0 Å². The van der Waals surface area contributed by atoms with Gasteiger partial charge in [-0.15, -0.1) is 46.4 Å². The molecule has 0 bridgehead atoms. The van der Waals surface area contributed by atoms with E-state index in [2.05, 4.69) is 20.9 Å². The standard InChI is InChI=1S/C30H37F2N5O4S.C25H29F2N5O2S.C6H4F2O2S.CH4.ClH/c1-30(2,3)41-29(40)33-18-14-20(15-18)37-22-11-10-19(36(4)27(39)17-8-6-5-7-9-17)16-21(22)34-28(37)35-26(38)24-13-12-23(42-24)25(31)32;1-31(24(34)14-5-3-2-4-6-14)16-7-8-19-18(13-16)29-25(32(19)17-11-15(28)12-17)30-23(33)21-10-9-20(35-21)22(26)27;7-5(8)3-1-2-4(11-3)6(9)10;;/h10-13,16-18,20,25H,5-9,14-15H2,1-4H3,(H,33,40)(H,34,35,38);7-10,13-15,17,22H,2-6,11-12,28H2,1H3,(H,29,30,33);1-2,5H,(H,9,10);1H4;1H. The second kappa shape index (κ2) is 30.4. The van der Waals surface area contributed by atoms with Gasteiger partial charge in [0.2, 0.25) is 23.7 Å². The van der Waals surface area contributed by atoms with Crippen LogP contribution in [0.2, 0.25) is 0 Å². The number of aromatic carboxylic acids is 1. The highest BCUT2D eigenvalue weighted by Gasteiger charge is 2.37. The lowest BCUT2D eigenvalue weighted by Crippen LogP contribution is -2.46. The molecule has 5 amide bonds. The van der Waals surface area contributed by atoms with Gasteiger partial charge in [-0.2, -0.15) is 0 Å². The predicted octanol–water partition coefficient (Wildman–Crippen LogP) is 16.0. The van der Waals surface area contributed by atoms with E-state index in [0.29, 0.717) is 46.8 Å². The fraction of sp³-hybridized carbons (Fsp3) is 0.484. The molecule has 0 saturated heterocycles. The second-order valence-corrected chi connectivity index (χ2v) is 26.8. The summed E-state index contributed by atoms with van der Waals surface area (Å²) >= 11 is 2.11. The Morgan fingerprint density at radius 2 is 0.978 bits per heavy atom. The molecule has 4 aliphatic rings.